The summed E-state index contributed by atoms with van der Waals surface area (Å²) >= 11 is 0. The molecule has 8 heteroatoms. The molecule has 0 radical (unpaired) electrons. The Labute approximate surface area is 214 Å². The molecule has 2 fully saturated rings. The molecule has 7 nitrogen and oxygen atoms in total. The number of imide groups is 1. The minimum absolute atomic E-state index is 0. The summed E-state index contributed by atoms with van der Waals surface area (Å²) in [6, 6.07) is 8.37. The molecular formula is C25H36IN5O2. The van der Waals surface area contributed by atoms with Crippen LogP contribution >= 0.6 is 24.0 Å². The van der Waals surface area contributed by atoms with Crippen LogP contribution in [-0.4, -0.2) is 61.3 Å². The first-order valence-corrected chi connectivity index (χ1v) is 11.8. The summed E-state index contributed by atoms with van der Waals surface area (Å²) in [7, 11) is 4.13. The van der Waals surface area contributed by atoms with Crippen LogP contribution < -0.4 is 10.6 Å². The number of benzene rings is 1. The Morgan fingerprint density at radius 3 is 2.30 bits per heavy atom. The quantitative estimate of drug-likeness (QED) is 0.120. The third-order valence-corrected chi connectivity index (χ3v) is 6.77. The molecule has 2 bridgehead atoms. The van der Waals surface area contributed by atoms with Gasteiger partial charge in [-0.3, -0.25) is 14.5 Å². The molecule has 2 N–H and O–H groups in total. The zero-order chi connectivity index (χ0) is 22.7. The summed E-state index contributed by atoms with van der Waals surface area (Å²) in [6.07, 6.45) is 5.96. The maximum absolute atomic E-state index is 12.8. The zero-order valence-corrected chi connectivity index (χ0v) is 22.1. The molecule has 1 aromatic carbocycles. The lowest BCUT2D eigenvalue weighted by atomic mass is 9.85. The van der Waals surface area contributed by atoms with E-state index < -0.39 is 0 Å². The van der Waals surface area contributed by atoms with Gasteiger partial charge in [-0.2, -0.15) is 0 Å². The summed E-state index contributed by atoms with van der Waals surface area (Å²) in [5, 5.41) is 6.64. The molecule has 2 amide bonds. The SMILES string of the molecule is CCNC(=NCc1ccccc1CN(C)C)NCCCN1C(=O)C2C3C=CC(C3)C2C1=O.I. The second-order valence-corrected chi connectivity index (χ2v) is 9.31. The highest BCUT2D eigenvalue weighted by Crippen LogP contribution is 2.52. The number of carbonyl (C=O) groups excluding carboxylic acids is 2. The molecule has 1 aliphatic heterocycles. The Bertz CT molecular complexity index is 886. The number of allylic oxidation sites excluding steroid dienone is 2. The maximum Gasteiger partial charge on any atom is 0.233 e. The van der Waals surface area contributed by atoms with Gasteiger partial charge in [-0.1, -0.05) is 36.4 Å². The highest BCUT2D eigenvalue weighted by atomic mass is 127. The average Bonchev–Trinajstić information content (AvgIpc) is 3.44. The number of fused-ring (bicyclic) bond motifs is 5. The van der Waals surface area contributed by atoms with Crippen molar-refractivity contribution in [2.75, 3.05) is 33.7 Å². The Morgan fingerprint density at radius 2 is 1.70 bits per heavy atom. The Kier molecular flexibility index (Phi) is 8.92. The predicted octanol–water partition coefficient (Wildman–Crippen LogP) is 2.62. The third-order valence-electron chi connectivity index (χ3n) is 6.77. The first-order chi connectivity index (χ1) is 15.5. The number of amides is 2. The van der Waals surface area contributed by atoms with Crippen molar-refractivity contribution in [2.24, 2.45) is 28.7 Å². The van der Waals surface area contributed by atoms with Crippen molar-refractivity contribution in [3.8, 4) is 0 Å². The Morgan fingerprint density at radius 1 is 1.06 bits per heavy atom. The lowest BCUT2D eigenvalue weighted by molar-refractivity contribution is -0.140. The van der Waals surface area contributed by atoms with Crippen molar-refractivity contribution in [1.82, 2.24) is 20.4 Å². The van der Waals surface area contributed by atoms with Gasteiger partial charge in [-0.25, -0.2) is 4.99 Å². The van der Waals surface area contributed by atoms with Crippen LogP contribution in [0, 0.1) is 23.7 Å². The molecular weight excluding hydrogens is 529 g/mol. The van der Waals surface area contributed by atoms with Crippen molar-refractivity contribution < 1.29 is 9.59 Å². The monoisotopic (exact) mass is 565 g/mol. The lowest BCUT2D eigenvalue weighted by Gasteiger charge is -2.18. The topological polar surface area (TPSA) is 77.0 Å². The van der Waals surface area contributed by atoms with Crippen molar-refractivity contribution in [1.29, 1.82) is 0 Å². The van der Waals surface area contributed by atoms with E-state index in [1.807, 2.05) is 13.0 Å². The summed E-state index contributed by atoms with van der Waals surface area (Å²) in [6.45, 7) is 5.42. The van der Waals surface area contributed by atoms with Crippen molar-refractivity contribution in [3.05, 3.63) is 47.5 Å². The average molecular weight is 566 g/mol. The molecule has 2 aliphatic carbocycles. The van der Waals surface area contributed by atoms with Gasteiger partial charge in [0.2, 0.25) is 11.8 Å². The molecule has 4 unspecified atom stereocenters. The molecule has 4 atom stereocenters. The molecule has 0 aromatic heterocycles. The van der Waals surface area contributed by atoms with Gasteiger partial charge in [0.15, 0.2) is 5.96 Å². The van der Waals surface area contributed by atoms with Crippen molar-refractivity contribution in [2.45, 2.75) is 32.9 Å². The van der Waals surface area contributed by atoms with Crippen LogP contribution in [0.3, 0.4) is 0 Å². The number of aliphatic imine (C=N–C) groups is 1. The van der Waals surface area contributed by atoms with Crippen molar-refractivity contribution >= 4 is 41.8 Å². The van der Waals surface area contributed by atoms with Crippen molar-refractivity contribution in [3.63, 3.8) is 0 Å². The number of carbonyl (C=O) groups is 2. The molecule has 4 rings (SSSR count). The van der Waals surface area contributed by atoms with Crippen LogP contribution in [0.25, 0.3) is 0 Å². The van der Waals surface area contributed by atoms with E-state index in [1.54, 1.807) is 0 Å². The summed E-state index contributed by atoms with van der Waals surface area (Å²) in [5.74, 6) is 1.16. The zero-order valence-electron chi connectivity index (χ0n) is 19.8. The van der Waals surface area contributed by atoms with E-state index in [2.05, 4.69) is 60.0 Å². The predicted molar refractivity (Wildman–Crippen MR) is 141 cm³/mol. The number of hydrogen-bond acceptors (Lipinski definition) is 4. The van der Waals surface area contributed by atoms with E-state index in [0.717, 1.165) is 25.5 Å². The van der Waals surface area contributed by atoms with E-state index in [4.69, 9.17) is 4.99 Å². The summed E-state index contributed by atoms with van der Waals surface area (Å²) < 4.78 is 0. The van der Waals surface area contributed by atoms with Crippen LogP contribution in [0.5, 0.6) is 0 Å². The van der Waals surface area contributed by atoms with Gasteiger partial charge >= 0.3 is 0 Å². The van der Waals surface area contributed by atoms with E-state index in [1.165, 1.54) is 16.0 Å². The number of halogens is 1. The van der Waals surface area contributed by atoms with Gasteiger partial charge in [0.05, 0.1) is 18.4 Å². The minimum Gasteiger partial charge on any atom is -0.357 e. The molecule has 3 aliphatic rings. The van der Waals surface area contributed by atoms with Crippen LogP contribution in [0.1, 0.15) is 30.9 Å². The van der Waals surface area contributed by atoms with Crippen LogP contribution in [0.2, 0.25) is 0 Å². The van der Waals surface area contributed by atoms with Gasteiger partial charge in [0.25, 0.3) is 0 Å². The lowest BCUT2D eigenvalue weighted by Crippen LogP contribution is -2.40. The number of rotatable bonds is 9. The standard InChI is InChI=1S/C25H35N5O2.HI/c1-4-26-25(28-15-19-8-5-6-9-20(19)16-29(2)3)27-12-7-13-30-23(31)21-17-10-11-18(14-17)22(21)24(30)32;/h5-6,8-11,17-18,21-22H,4,7,12-16H2,1-3H3,(H2,26,27,28);1H. The Balaban J connectivity index is 0.00000306. The summed E-state index contributed by atoms with van der Waals surface area (Å²) in [4.78, 5) is 34.0. The molecule has 1 aromatic rings. The second-order valence-electron chi connectivity index (χ2n) is 9.31. The highest BCUT2D eigenvalue weighted by molar-refractivity contribution is 14.0. The molecule has 180 valence electrons. The largest absolute Gasteiger partial charge is 0.357 e. The van der Waals surface area contributed by atoms with Crippen LogP contribution in [0.15, 0.2) is 41.4 Å². The van der Waals surface area contributed by atoms with E-state index >= 15 is 0 Å². The van der Waals surface area contributed by atoms with E-state index in [9.17, 15) is 9.59 Å². The first kappa shape index (κ1) is 25.7. The summed E-state index contributed by atoms with van der Waals surface area (Å²) in [5.41, 5.74) is 2.48. The second kappa shape index (κ2) is 11.5. The molecule has 0 spiro atoms. The molecule has 1 saturated heterocycles. The maximum atomic E-state index is 12.8. The molecule has 1 heterocycles. The van der Waals surface area contributed by atoms with Gasteiger partial charge < -0.3 is 15.5 Å². The van der Waals surface area contributed by atoms with E-state index in [0.29, 0.717) is 26.1 Å². The highest BCUT2D eigenvalue weighted by Gasteiger charge is 2.58. The number of guanidine groups is 1. The number of nitrogens with one attached hydrogen (secondary N) is 2. The number of nitrogens with zero attached hydrogens (tertiary/aromatic N) is 3. The third kappa shape index (κ3) is 5.59. The fourth-order valence-electron chi connectivity index (χ4n) is 5.34. The number of hydrogen-bond donors (Lipinski definition) is 2. The minimum atomic E-state index is -0.105. The van der Waals surface area contributed by atoms with Gasteiger partial charge in [0.1, 0.15) is 0 Å². The smallest absolute Gasteiger partial charge is 0.233 e. The van der Waals surface area contributed by atoms with E-state index in [-0.39, 0.29) is 59.5 Å². The van der Waals surface area contributed by atoms with Gasteiger partial charge in [-0.15, -0.1) is 24.0 Å². The molecule has 1 saturated carbocycles. The normalized spacial score (nSPS) is 25.6. The number of likely N-dealkylation sites (tertiary alicyclic amines) is 1. The van der Waals surface area contributed by atoms with Gasteiger partial charge in [-0.05, 0) is 56.8 Å². The fraction of sp³-hybridized carbons (Fsp3) is 0.560. The first-order valence-electron chi connectivity index (χ1n) is 11.8. The van der Waals surface area contributed by atoms with Gasteiger partial charge in [0, 0.05) is 26.2 Å². The van der Waals surface area contributed by atoms with Crippen LogP contribution in [-0.2, 0) is 22.7 Å². The molecule has 33 heavy (non-hydrogen) atoms. The Hall–Kier alpha value is -1.94. The fourth-order valence-corrected chi connectivity index (χ4v) is 5.34. The van der Waals surface area contributed by atoms with Crippen LogP contribution in [0.4, 0.5) is 0 Å².